The quantitative estimate of drug-likeness (QED) is 0.729. The van der Waals surface area contributed by atoms with Gasteiger partial charge in [-0.2, -0.15) is 0 Å². The highest BCUT2D eigenvalue weighted by molar-refractivity contribution is 5.50. The van der Waals surface area contributed by atoms with E-state index in [4.69, 9.17) is 4.74 Å². The minimum atomic E-state index is 0.229. The van der Waals surface area contributed by atoms with E-state index in [1.807, 2.05) is 13.1 Å². The maximum absolute atomic E-state index is 10.8. The Morgan fingerprint density at radius 2 is 2.31 bits per heavy atom. The molecule has 1 amide bonds. The third-order valence-electron chi connectivity index (χ3n) is 3.29. The van der Waals surface area contributed by atoms with Crippen molar-refractivity contribution in [2.45, 2.75) is 25.3 Å². The maximum atomic E-state index is 10.8. The molecule has 0 N–H and O–H groups in total. The predicted octanol–water partition coefficient (Wildman–Crippen LogP) is 2.16. The SMILES string of the molecule is COc1ccc2c(c1)CCC[C@H]2N(C)C=O. The number of fused-ring (bicyclic) bond motifs is 1. The van der Waals surface area contributed by atoms with E-state index in [2.05, 4.69) is 12.1 Å². The molecule has 16 heavy (non-hydrogen) atoms. The molecule has 0 spiro atoms. The monoisotopic (exact) mass is 219 g/mol. The fourth-order valence-corrected chi connectivity index (χ4v) is 2.39. The molecule has 86 valence electrons. The highest BCUT2D eigenvalue weighted by Gasteiger charge is 2.23. The summed E-state index contributed by atoms with van der Waals surface area (Å²) in [5.74, 6) is 0.896. The Morgan fingerprint density at radius 3 is 3.00 bits per heavy atom. The van der Waals surface area contributed by atoms with Gasteiger partial charge in [-0.15, -0.1) is 0 Å². The fourth-order valence-electron chi connectivity index (χ4n) is 2.39. The van der Waals surface area contributed by atoms with Gasteiger partial charge in [0, 0.05) is 7.05 Å². The molecule has 1 aliphatic rings. The lowest BCUT2D eigenvalue weighted by Gasteiger charge is -2.31. The van der Waals surface area contributed by atoms with E-state index in [9.17, 15) is 4.79 Å². The number of hydrogen-bond donors (Lipinski definition) is 0. The number of aryl methyl sites for hydroxylation is 1. The molecule has 1 atom stereocenters. The highest BCUT2D eigenvalue weighted by Crippen LogP contribution is 2.34. The van der Waals surface area contributed by atoms with Crippen LogP contribution in [0.5, 0.6) is 5.75 Å². The van der Waals surface area contributed by atoms with E-state index in [0.717, 1.165) is 31.4 Å². The van der Waals surface area contributed by atoms with E-state index >= 15 is 0 Å². The van der Waals surface area contributed by atoms with Gasteiger partial charge in [0.2, 0.25) is 6.41 Å². The van der Waals surface area contributed by atoms with E-state index in [0.29, 0.717) is 0 Å². The molecule has 3 heteroatoms. The minimum absolute atomic E-state index is 0.229. The van der Waals surface area contributed by atoms with Crippen LogP contribution >= 0.6 is 0 Å². The van der Waals surface area contributed by atoms with Gasteiger partial charge in [-0.25, -0.2) is 0 Å². The zero-order valence-corrected chi connectivity index (χ0v) is 9.77. The van der Waals surface area contributed by atoms with Crippen LogP contribution in [0.3, 0.4) is 0 Å². The van der Waals surface area contributed by atoms with Crippen LogP contribution in [0, 0.1) is 0 Å². The van der Waals surface area contributed by atoms with Crippen molar-refractivity contribution in [1.82, 2.24) is 4.90 Å². The number of methoxy groups -OCH3 is 1. The van der Waals surface area contributed by atoms with Gasteiger partial charge in [-0.05, 0) is 42.5 Å². The molecule has 2 rings (SSSR count). The van der Waals surface area contributed by atoms with Gasteiger partial charge in [-0.3, -0.25) is 4.79 Å². The molecule has 3 nitrogen and oxygen atoms in total. The van der Waals surface area contributed by atoms with Gasteiger partial charge >= 0.3 is 0 Å². The Balaban J connectivity index is 2.35. The zero-order chi connectivity index (χ0) is 11.5. The molecular weight excluding hydrogens is 202 g/mol. The molecule has 1 aliphatic carbocycles. The van der Waals surface area contributed by atoms with E-state index < -0.39 is 0 Å². The summed E-state index contributed by atoms with van der Waals surface area (Å²) < 4.78 is 5.22. The molecule has 0 bridgehead atoms. The number of amides is 1. The number of carbonyl (C=O) groups is 1. The molecule has 0 saturated carbocycles. The van der Waals surface area contributed by atoms with Crippen LogP contribution < -0.4 is 4.74 Å². The summed E-state index contributed by atoms with van der Waals surface area (Å²) in [6.07, 6.45) is 4.16. The fraction of sp³-hybridized carbons (Fsp3) is 0.462. The molecule has 0 heterocycles. The van der Waals surface area contributed by atoms with Gasteiger partial charge in [0.1, 0.15) is 5.75 Å². The zero-order valence-electron chi connectivity index (χ0n) is 9.77. The van der Waals surface area contributed by atoms with Crippen molar-refractivity contribution in [3.05, 3.63) is 29.3 Å². The first-order valence-electron chi connectivity index (χ1n) is 5.60. The van der Waals surface area contributed by atoms with Crippen LogP contribution in [0.15, 0.2) is 18.2 Å². The summed E-state index contributed by atoms with van der Waals surface area (Å²) in [6.45, 7) is 0. The Labute approximate surface area is 96.0 Å². The summed E-state index contributed by atoms with van der Waals surface area (Å²) in [5, 5.41) is 0. The van der Waals surface area contributed by atoms with Gasteiger partial charge < -0.3 is 9.64 Å². The van der Waals surface area contributed by atoms with Crippen molar-refractivity contribution >= 4 is 6.41 Å². The summed E-state index contributed by atoms with van der Waals surface area (Å²) in [6, 6.07) is 6.36. The second kappa shape index (κ2) is 4.56. The lowest BCUT2D eigenvalue weighted by Crippen LogP contribution is -2.26. The Bertz CT molecular complexity index is 390. The van der Waals surface area contributed by atoms with Crippen molar-refractivity contribution in [1.29, 1.82) is 0 Å². The second-order valence-corrected chi connectivity index (χ2v) is 4.24. The number of ether oxygens (including phenoxy) is 1. The first-order chi connectivity index (χ1) is 7.76. The van der Waals surface area contributed by atoms with Crippen molar-refractivity contribution < 1.29 is 9.53 Å². The van der Waals surface area contributed by atoms with Crippen LogP contribution in [-0.4, -0.2) is 25.5 Å². The molecule has 0 unspecified atom stereocenters. The van der Waals surface area contributed by atoms with Crippen molar-refractivity contribution in [3.63, 3.8) is 0 Å². The normalized spacial score (nSPS) is 18.8. The van der Waals surface area contributed by atoms with Crippen molar-refractivity contribution in [2.24, 2.45) is 0 Å². The second-order valence-electron chi connectivity index (χ2n) is 4.24. The smallest absolute Gasteiger partial charge is 0.209 e. The predicted molar refractivity (Wildman–Crippen MR) is 62.5 cm³/mol. The largest absolute Gasteiger partial charge is 0.497 e. The van der Waals surface area contributed by atoms with Crippen molar-refractivity contribution in [3.8, 4) is 5.75 Å². The molecule has 0 aromatic heterocycles. The summed E-state index contributed by atoms with van der Waals surface area (Å²) in [4.78, 5) is 12.6. The third kappa shape index (κ3) is 1.90. The average molecular weight is 219 g/mol. The Morgan fingerprint density at radius 1 is 1.50 bits per heavy atom. The van der Waals surface area contributed by atoms with Gasteiger partial charge in [0.05, 0.1) is 13.2 Å². The maximum Gasteiger partial charge on any atom is 0.209 e. The van der Waals surface area contributed by atoms with E-state index in [-0.39, 0.29) is 6.04 Å². The number of carbonyl (C=O) groups excluding carboxylic acids is 1. The number of hydrogen-bond acceptors (Lipinski definition) is 2. The third-order valence-corrected chi connectivity index (χ3v) is 3.29. The average Bonchev–Trinajstić information content (AvgIpc) is 2.36. The first kappa shape index (κ1) is 11.0. The van der Waals surface area contributed by atoms with E-state index in [1.165, 1.54) is 11.1 Å². The first-order valence-corrected chi connectivity index (χ1v) is 5.60. The van der Waals surface area contributed by atoms with Gasteiger partial charge in [-0.1, -0.05) is 6.07 Å². The van der Waals surface area contributed by atoms with E-state index in [1.54, 1.807) is 12.0 Å². The lowest BCUT2D eigenvalue weighted by molar-refractivity contribution is -0.119. The van der Waals surface area contributed by atoms with Crippen LogP contribution in [0.2, 0.25) is 0 Å². The van der Waals surface area contributed by atoms with Gasteiger partial charge in [0.15, 0.2) is 0 Å². The number of nitrogens with zero attached hydrogens (tertiary/aromatic N) is 1. The van der Waals surface area contributed by atoms with Crippen LogP contribution in [-0.2, 0) is 11.2 Å². The number of rotatable bonds is 3. The summed E-state index contributed by atoms with van der Waals surface area (Å²) in [5.41, 5.74) is 2.57. The molecule has 0 fully saturated rings. The standard InChI is InChI=1S/C13H17NO2/c1-14(9-15)13-5-3-4-10-8-11(16-2)6-7-12(10)13/h6-9,13H,3-5H2,1-2H3/t13-/m1/s1. The Hall–Kier alpha value is -1.51. The number of benzene rings is 1. The summed E-state index contributed by atoms with van der Waals surface area (Å²) >= 11 is 0. The van der Waals surface area contributed by atoms with Crippen LogP contribution in [0.4, 0.5) is 0 Å². The molecule has 0 aliphatic heterocycles. The summed E-state index contributed by atoms with van der Waals surface area (Å²) in [7, 11) is 3.52. The molecule has 1 aromatic carbocycles. The van der Waals surface area contributed by atoms with Crippen LogP contribution in [0.25, 0.3) is 0 Å². The molecular formula is C13H17NO2. The highest BCUT2D eigenvalue weighted by atomic mass is 16.5. The minimum Gasteiger partial charge on any atom is -0.497 e. The van der Waals surface area contributed by atoms with Crippen LogP contribution in [0.1, 0.15) is 30.0 Å². The lowest BCUT2D eigenvalue weighted by atomic mass is 9.87. The molecule has 0 radical (unpaired) electrons. The Kier molecular flexibility index (Phi) is 3.13. The topological polar surface area (TPSA) is 29.5 Å². The van der Waals surface area contributed by atoms with Gasteiger partial charge in [0.25, 0.3) is 0 Å². The molecule has 0 saturated heterocycles. The van der Waals surface area contributed by atoms with Crippen molar-refractivity contribution in [2.75, 3.05) is 14.2 Å². The molecule has 1 aromatic rings.